The zero-order chi connectivity index (χ0) is 21.8. The minimum absolute atomic E-state index is 0.0221. The van der Waals surface area contributed by atoms with Crippen LogP contribution in [0.4, 0.5) is 0 Å². The first kappa shape index (κ1) is 21.3. The van der Waals surface area contributed by atoms with Crippen LogP contribution in [0.2, 0.25) is 0 Å². The molecule has 0 aromatic heterocycles. The van der Waals surface area contributed by atoms with Crippen molar-refractivity contribution < 1.29 is 20.6 Å². The summed E-state index contributed by atoms with van der Waals surface area (Å²) in [4.78, 5) is 15.1. The van der Waals surface area contributed by atoms with Crippen LogP contribution >= 0.6 is 0 Å². The molecule has 1 amide bonds. The minimum atomic E-state index is -1.56. The Labute approximate surface area is 183 Å². The van der Waals surface area contributed by atoms with Gasteiger partial charge in [-0.1, -0.05) is 54.6 Å². The predicted octanol–water partition coefficient (Wildman–Crippen LogP) is 1.80. The van der Waals surface area contributed by atoms with Crippen LogP contribution in [0.3, 0.4) is 0 Å². The van der Waals surface area contributed by atoms with E-state index in [1.54, 1.807) is 12.1 Å². The van der Waals surface area contributed by atoms with Crippen LogP contribution in [0.5, 0.6) is 0 Å². The summed E-state index contributed by atoms with van der Waals surface area (Å²) in [7, 11) is -1.56. The Hall–Kier alpha value is -2.93. The predicted molar refractivity (Wildman–Crippen MR) is 123 cm³/mol. The number of benzene rings is 3. The van der Waals surface area contributed by atoms with E-state index in [1.807, 2.05) is 41.3 Å². The van der Waals surface area contributed by atoms with Gasteiger partial charge in [0.05, 0.1) is 6.54 Å². The number of carbonyl (C=O) groups is 1. The van der Waals surface area contributed by atoms with E-state index in [9.17, 15) is 14.8 Å². The van der Waals surface area contributed by atoms with E-state index in [0.717, 1.165) is 43.6 Å². The average Bonchev–Trinajstić information content (AvgIpc) is 2.83. The zero-order valence-electron chi connectivity index (χ0n) is 17.6. The topological polar surface area (TPSA) is 88.4 Å². The summed E-state index contributed by atoms with van der Waals surface area (Å²) >= 11 is 0. The number of amides is 1. The van der Waals surface area contributed by atoms with Gasteiger partial charge in [-0.3, -0.25) is 4.79 Å². The summed E-state index contributed by atoms with van der Waals surface area (Å²) in [5, 5.41) is 19.4. The van der Waals surface area contributed by atoms with Crippen molar-refractivity contribution in [3.05, 3.63) is 89.5 Å². The molecule has 1 saturated heterocycles. The Balaban J connectivity index is 1.48. The van der Waals surface area contributed by atoms with Gasteiger partial charge in [0.1, 0.15) is 0 Å². The molecule has 0 bridgehead atoms. The first-order valence-electron chi connectivity index (χ1n) is 10.8. The molecular weight excluding hydrogens is 387 g/mol. The summed E-state index contributed by atoms with van der Waals surface area (Å²) in [5.41, 5.74) is 9.14. The summed E-state index contributed by atoms with van der Waals surface area (Å²) in [6, 6.07) is 23.2. The average molecular weight is 415 g/mol. The number of quaternary nitrogens is 1. The second-order valence-corrected chi connectivity index (χ2v) is 8.10. The maximum Gasteiger partial charge on any atom is 0.489 e. The third-order valence-corrected chi connectivity index (χ3v) is 6.15. The molecule has 0 atom stereocenters. The monoisotopic (exact) mass is 415 g/mol. The molecule has 0 spiro atoms. The fourth-order valence-electron chi connectivity index (χ4n) is 4.41. The molecule has 0 unspecified atom stereocenters. The van der Waals surface area contributed by atoms with Crippen molar-refractivity contribution in [3.63, 3.8) is 0 Å². The largest absolute Gasteiger partial charge is 0.489 e. The normalized spacial score (nSPS) is 14.5. The highest BCUT2D eigenvalue weighted by Crippen LogP contribution is 2.29. The van der Waals surface area contributed by atoms with E-state index >= 15 is 0 Å². The maximum atomic E-state index is 13.2. The molecule has 1 aliphatic heterocycles. The van der Waals surface area contributed by atoms with Crippen molar-refractivity contribution >= 4 is 18.5 Å². The molecule has 4 rings (SSSR count). The van der Waals surface area contributed by atoms with Crippen molar-refractivity contribution in [2.45, 2.75) is 25.3 Å². The second kappa shape index (κ2) is 9.48. The number of hydrogen-bond donors (Lipinski definition) is 3. The van der Waals surface area contributed by atoms with Gasteiger partial charge in [0, 0.05) is 24.2 Å². The number of nitrogens with zero attached hydrogens (tertiary/aromatic N) is 1. The number of rotatable bonds is 5. The molecule has 1 fully saturated rings. The molecule has 5 N–H and O–H groups in total. The Kier molecular flexibility index (Phi) is 6.51. The highest BCUT2D eigenvalue weighted by molar-refractivity contribution is 6.60. The van der Waals surface area contributed by atoms with Crippen LogP contribution < -0.4 is 11.2 Å². The lowest BCUT2D eigenvalue weighted by Crippen LogP contribution is -2.47. The summed E-state index contributed by atoms with van der Waals surface area (Å²) < 4.78 is 0. The molecule has 1 heterocycles. The smallest absolute Gasteiger partial charge is 0.423 e. The van der Waals surface area contributed by atoms with Gasteiger partial charge >= 0.3 is 7.12 Å². The third kappa shape index (κ3) is 4.72. The number of hydrogen-bond acceptors (Lipinski definition) is 3. The zero-order valence-corrected chi connectivity index (χ0v) is 17.6. The van der Waals surface area contributed by atoms with Crippen molar-refractivity contribution in [1.29, 1.82) is 0 Å². The van der Waals surface area contributed by atoms with E-state index in [4.69, 9.17) is 0 Å². The van der Waals surface area contributed by atoms with E-state index < -0.39 is 7.12 Å². The van der Waals surface area contributed by atoms with Crippen molar-refractivity contribution in [1.82, 2.24) is 4.90 Å². The Morgan fingerprint density at radius 3 is 2.45 bits per heavy atom. The van der Waals surface area contributed by atoms with E-state index in [1.165, 1.54) is 11.1 Å². The van der Waals surface area contributed by atoms with Gasteiger partial charge in [0.25, 0.3) is 5.91 Å². The van der Waals surface area contributed by atoms with Gasteiger partial charge in [-0.15, -0.1) is 0 Å². The highest BCUT2D eigenvalue weighted by Gasteiger charge is 2.25. The molecule has 31 heavy (non-hydrogen) atoms. The Morgan fingerprint density at radius 1 is 0.968 bits per heavy atom. The number of carbonyl (C=O) groups excluding carboxylic acids is 1. The van der Waals surface area contributed by atoms with Gasteiger partial charge in [0.2, 0.25) is 0 Å². The fourth-order valence-corrected chi connectivity index (χ4v) is 4.41. The van der Waals surface area contributed by atoms with Crippen LogP contribution in [0.25, 0.3) is 11.1 Å². The lowest BCUT2D eigenvalue weighted by atomic mass is 9.75. The molecule has 0 aliphatic carbocycles. The molecule has 3 aromatic rings. The molecule has 5 nitrogen and oxygen atoms in total. The standard InChI is InChI=1S/C25H27BN2O3/c27-17-18-5-3-6-20(15-18)19-11-13-28(14-12-19)25(29)22-8-4-7-21(16-22)23-9-1-2-10-24(23)26(30)31/h1-10,15-16,19,30-31H,11-14,17,27H2/p+1. The molecule has 158 valence electrons. The second-order valence-electron chi connectivity index (χ2n) is 8.10. The molecule has 1 aliphatic rings. The molecule has 3 aromatic carbocycles. The van der Waals surface area contributed by atoms with Gasteiger partial charge in [0.15, 0.2) is 0 Å². The molecular formula is C25H28BN2O3+. The van der Waals surface area contributed by atoms with E-state index in [2.05, 4.69) is 30.0 Å². The minimum Gasteiger partial charge on any atom is -0.423 e. The lowest BCUT2D eigenvalue weighted by Gasteiger charge is -2.32. The summed E-state index contributed by atoms with van der Waals surface area (Å²) in [6.45, 7) is 2.25. The van der Waals surface area contributed by atoms with Crippen LogP contribution in [-0.2, 0) is 6.54 Å². The van der Waals surface area contributed by atoms with Crippen LogP contribution in [0, 0.1) is 0 Å². The van der Waals surface area contributed by atoms with Crippen molar-refractivity contribution in [2.75, 3.05) is 13.1 Å². The lowest BCUT2D eigenvalue weighted by molar-refractivity contribution is -0.386. The fraction of sp³-hybridized carbons (Fsp3) is 0.240. The van der Waals surface area contributed by atoms with Crippen LogP contribution in [-0.4, -0.2) is 41.1 Å². The summed E-state index contributed by atoms with van der Waals surface area (Å²) in [5.74, 6) is 0.494. The van der Waals surface area contributed by atoms with Crippen LogP contribution in [0.1, 0.15) is 40.2 Å². The third-order valence-electron chi connectivity index (χ3n) is 6.15. The quantitative estimate of drug-likeness (QED) is 0.556. The number of likely N-dealkylation sites (tertiary alicyclic amines) is 1. The van der Waals surface area contributed by atoms with Crippen molar-refractivity contribution in [3.8, 4) is 11.1 Å². The van der Waals surface area contributed by atoms with Gasteiger partial charge in [-0.25, -0.2) is 0 Å². The van der Waals surface area contributed by atoms with E-state index in [-0.39, 0.29) is 5.91 Å². The number of piperidine rings is 1. The molecule has 0 radical (unpaired) electrons. The van der Waals surface area contributed by atoms with Gasteiger partial charge in [-0.2, -0.15) is 0 Å². The maximum absolute atomic E-state index is 13.2. The molecule has 6 heteroatoms. The first-order chi connectivity index (χ1) is 15.1. The van der Waals surface area contributed by atoms with E-state index in [0.29, 0.717) is 16.9 Å². The van der Waals surface area contributed by atoms with Gasteiger partial charge in [-0.05, 0) is 59.1 Å². The highest BCUT2D eigenvalue weighted by atomic mass is 16.4. The Bertz CT molecular complexity index is 1060. The first-order valence-corrected chi connectivity index (χ1v) is 10.8. The molecule has 0 saturated carbocycles. The SMILES string of the molecule is [NH3+]Cc1cccc(C2CCN(C(=O)c3cccc(-c4ccccc4B(O)O)c3)CC2)c1. The Morgan fingerprint density at radius 2 is 1.71 bits per heavy atom. The van der Waals surface area contributed by atoms with Crippen molar-refractivity contribution in [2.24, 2.45) is 0 Å². The van der Waals surface area contributed by atoms with Crippen LogP contribution in [0.15, 0.2) is 72.8 Å². The summed E-state index contributed by atoms with van der Waals surface area (Å²) in [6.07, 6.45) is 1.90. The van der Waals surface area contributed by atoms with Gasteiger partial charge < -0.3 is 20.7 Å².